The van der Waals surface area contributed by atoms with Crippen molar-refractivity contribution in [2.75, 3.05) is 0 Å². The number of hydrogen-bond acceptors (Lipinski definition) is 1. The second kappa shape index (κ2) is 35.1. The number of halogens is 4. The van der Waals surface area contributed by atoms with Crippen LogP contribution >= 0.6 is 34.1 Å². The molecule has 1 nitrogen and oxygen atoms in total. The summed E-state index contributed by atoms with van der Waals surface area (Å²) in [6.07, 6.45) is 38.3. The zero-order chi connectivity index (χ0) is 34.4. The van der Waals surface area contributed by atoms with E-state index in [1.54, 1.807) is 0 Å². The minimum Gasteiger partial charge on any atom is -0.258 e. The first kappa shape index (κ1) is 56.2. The van der Waals surface area contributed by atoms with Crippen LogP contribution in [0.2, 0.25) is 0 Å². The van der Waals surface area contributed by atoms with Crippen LogP contribution in [-0.4, -0.2) is 4.98 Å². The van der Waals surface area contributed by atoms with E-state index in [1.807, 2.05) is 0 Å². The Morgan fingerprint density at radius 3 is 1.17 bits per heavy atom. The molecule has 0 saturated heterocycles. The van der Waals surface area contributed by atoms with Gasteiger partial charge in [-0.1, -0.05) is 135 Å². The summed E-state index contributed by atoms with van der Waals surface area (Å²) in [4.78, 5) is 5.17. The molecule has 1 heterocycles. The van der Waals surface area contributed by atoms with Gasteiger partial charge >= 0.3 is 75.7 Å². The van der Waals surface area contributed by atoms with Crippen molar-refractivity contribution in [3.63, 3.8) is 0 Å². The average molecular weight is 960 g/mol. The standard InChI is InChI=1S/C25H37N.2C8H16.4CH3.4ClH.2Zr/c1-3-10-24-18(6-1)12-14-20(24)16-22-8-5-9-23(26-22)17-21-15-13-19-7-2-4-11-25(19)21;2*1-2-5-8-6-3-4-7-8;;;;;;;;;;/h5,8-9,18-21,24-25H,1-4,6-7,10-17H2;2*8H,2-7H2,1H3;4*1H3;4*1H;;/q;;;4*-1;;;;;2*+4/p-4. The SMILES string of the molecule is CCCC1CCCC1.CCCC1CCCC1.[CH3-].[CH3-].[CH3-].[CH3-].[Cl][Zr+2][Cl].[Cl][Zr+2][Cl].c1cc(CC2CCC3CCCCC32)nc(CC2CCC3CCCCC32)c1. The summed E-state index contributed by atoms with van der Waals surface area (Å²) in [7, 11) is 19.7. The molecule has 302 valence electrons. The van der Waals surface area contributed by atoms with Gasteiger partial charge in [0, 0.05) is 11.4 Å². The summed E-state index contributed by atoms with van der Waals surface area (Å²) >= 11 is -1.65. The van der Waals surface area contributed by atoms with E-state index in [1.165, 1.54) is 178 Å². The van der Waals surface area contributed by atoms with Crippen molar-refractivity contribution in [3.05, 3.63) is 59.3 Å². The van der Waals surface area contributed by atoms with Crippen LogP contribution in [0.4, 0.5) is 0 Å². The summed E-state index contributed by atoms with van der Waals surface area (Å²) in [6, 6.07) is 6.94. The third-order valence-corrected chi connectivity index (χ3v) is 13.1. The third-order valence-electron chi connectivity index (χ3n) is 13.1. The molecule has 1 aromatic heterocycles. The van der Waals surface area contributed by atoms with Crippen molar-refractivity contribution < 1.29 is 41.7 Å². The van der Waals surface area contributed by atoms with Gasteiger partial charge in [-0.2, -0.15) is 0 Å². The molecule has 6 aliphatic carbocycles. The van der Waals surface area contributed by atoms with Gasteiger partial charge < -0.3 is 29.7 Å². The maximum atomic E-state index is 5.17. The molecule has 7 rings (SSSR count). The number of nitrogens with zero attached hydrogens (tertiary/aromatic N) is 1. The second-order valence-corrected chi connectivity index (χ2v) is 23.6. The van der Waals surface area contributed by atoms with E-state index >= 15 is 0 Å². The predicted octanol–water partition coefficient (Wildman–Crippen LogP) is 17.1. The van der Waals surface area contributed by atoms with Crippen molar-refractivity contribution in [2.45, 2.75) is 181 Å². The topological polar surface area (TPSA) is 12.9 Å². The first-order valence-electron chi connectivity index (χ1n) is 20.4. The fourth-order valence-corrected chi connectivity index (χ4v) is 10.9. The molecule has 0 amide bonds. The molecule has 0 bridgehead atoms. The molecular formula is C45H81Cl4NZr2. The van der Waals surface area contributed by atoms with Crippen molar-refractivity contribution in [1.82, 2.24) is 4.98 Å². The van der Waals surface area contributed by atoms with Crippen LogP contribution in [0, 0.1) is 77.0 Å². The molecule has 6 aliphatic rings. The molecule has 6 fully saturated rings. The molecule has 0 spiro atoms. The number of rotatable bonds is 8. The first-order chi connectivity index (χ1) is 23.6. The Kier molecular flexibility index (Phi) is 37.9. The zero-order valence-electron chi connectivity index (χ0n) is 34.7. The fourth-order valence-electron chi connectivity index (χ4n) is 10.9. The van der Waals surface area contributed by atoms with E-state index in [0.717, 1.165) is 47.3 Å². The summed E-state index contributed by atoms with van der Waals surface area (Å²) in [5, 5.41) is 0. The van der Waals surface area contributed by atoms with Crippen molar-refractivity contribution >= 4 is 34.1 Å². The van der Waals surface area contributed by atoms with Gasteiger partial charge in [0.15, 0.2) is 0 Å². The van der Waals surface area contributed by atoms with Crippen LogP contribution in [0.15, 0.2) is 18.2 Å². The summed E-state index contributed by atoms with van der Waals surface area (Å²) in [5.74, 6) is 8.23. The minimum atomic E-state index is -0.826. The van der Waals surface area contributed by atoms with Gasteiger partial charge in [0.05, 0.1) is 0 Å². The smallest absolute Gasteiger partial charge is 0.0409 e. The first-order valence-corrected chi connectivity index (χ1v) is 33.1. The van der Waals surface area contributed by atoms with E-state index in [0.29, 0.717) is 0 Å². The Morgan fingerprint density at radius 1 is 0.500 bits per heavy atom. The molecular weight excluding hydrogens is 879 g/mol. The monoisotopic (exact) mass is 955 g/mol. The summed E-state index contributed by atoms with van der Waals surface area (Å²) < 4.78 is 0. The van der Waals surface area contributed by atoms with Gasteiger partial charge in [-0.25, -0.2) is 0 Å². The normalized spacial score (nSPS) is 27.0. The second-order valence-electron chi connectivity index (χ2n) is 16.1. The summed E-state index contributed by atoms with van der Waals surface area (Å²) in [5.41, 5.74) is 2.80. The number of pyridine rings is 1. The largest absolute Gasteiger partial charge is 0.258 e. The Hall–Kier alpha value is 2.08. The Bertz CT molecular complexity index is 857. The molecule has 1 aromatic rings. The van der Waals surface area contributed by atoms with Crippen LogP contribution in [0.5, 0.6) is 0 Å². The quantitative estimate of drug-likeness (QED) is 0.237. The molecule has 0 N–H and O–H groups in total. The van der Waals surface area contributed by atoms with Gasteiger partial charge in [-0.05, 0) is 111 Å². The number of aromatic nitrogens is 1. The third kappa shape index (κ3) is 21.2. The van der Waals surface area contributed by atoms with Crippen LogP contribution < -0.4 is 0 Å². The van der Waals surface area contributed by atoms with Gasteiger partial charge in [0.25, 0.3) is 0 Å². The maximum absolute atomic E-state index is 5.17. The van der Waals surface area contributed by atoms with E-state index in [-0.39, 0.29) is 29.7 Å². The van der Waals surface area contributed by atoms with Crippen LogP contribution in [0.3, 0.4) is 0 Å². The Labute approximate surface area is 364 Å². The van der Waals surface area contributed by atoms with Gasteiger partial charge in [0.2, 0.25) is 0 Å². The molecule has 0 aliphatic heterocycles. The maximum Gasteiger partial charge on any atom is 0.0409 e. The van der Waals surface area contributed by atoms with Crippen LogP contribution in [0.25, 0.3) is 0 Å². The molecule has 7 heteroatoms. The van der Waals surface area contributed by atoms with Crippen molar-refractivity contribution in [3.8, 4) is 0 Å². The molecule has 6 saturated carbocycles. The zero-order valence-corrected chi connectivity index (χ0v) is 42.6. The molecule has 6 atom stereocenters. The van der Waals surface area contributed by atoms with Gasteiger partial charge in [-0.3, -0.25) is 4.98 Å². The predicted molar refractivity (Wildman–Crippen MR) is 231 cm³/mol. The van der Waals surface area contributed by atoms with E-state index in [4.69, 9.17) is 39.0 Å². The van der Waals surface area contributed by atoms with Gasteiger partial charge in [-0.15, -0.1) is 0 Å². The molecule has 52 heavy (non-hydrogen) atoms. The minimum absolute atomic E-state index is 0. The Balaban J connectivity index is 0. The average Bonchev–Trinajstić information content (AvgIpc) is 3.93. The van der Waals surface area contributed by atoms with Crippen LogP contribution in [0.1, 0.15) is 179 Å². The van der Waals surface area contributed by atoms with Gasteiger partial charge in [0.1, 0.15) is 0 Å². The number of hydrogen-bond donors (Lipinski definition) is 0. The molecule has 6 unspecified atom stereocenters. The van der Waals surface area contributed by atoms with E-state index < -0.39 is 41.7 Å². The van der Waals surface area contributed by atoms with Crippen molar-refractivity contribution in [2.24, 2.45) is 47.3 Å². The van der Waals surface area contributed by atoms with Crippen LogP contribution in [-0.2, 0) is 54.5 Å². The molecule has 0 radical (unpaired) electrons. The molecule has 0 aromatic carbocycles. The summed E-state index contributed by atoms with van der Waals surface area (Å²) in [6.45, 7) is 4.58. The van der Waals surface area contributed by atoms with E-state index in [9.17, 15) is 0 Å². The fraction of sp³-hybridized carbons (Fsp3) is 0.800. The number of fused-ring (bicyclic) bond motifs is 2. The Morgan fingerprint density at radius 2 is 0.827 bits per heavy atom. The van der Waals surface area contributed by atoms with E-state index in [2.05, 4.69) is 32.0 Å². The van der Waals surface area contributed by atoms with Crippen molar-refractivity contribution in [1.29, 1.82) is 0 Å².